The topological polar surface area (TPSA) is 9.23 Å². The first-order valence-electron chi connectivity index (χ1n) is 2.82. The second kappa shape index (κ2) is 3.77. The van der Waals surface area contributed by atoms with Crippen molar-refractivity contribution in [2.45, 2.75) is 4.94 Å². The van der Waals surface area contributed by atoms with Gasteiger partial charge in [0.15, 0.2) is 0 Å². The average molecular weight is 227 g/mol. The van der Waals surface area contributed by atoms with Crippen LogP contribution < -0.4 is 3.07 Å². The summed E-state index contributed by atoms with van der Waals surface area (Å²) in [5.74, 6) is 1.02. The van der Waals surface area contributed by atoms with E-state index in [1.165, 1.54) is 0 Å². The van der Waals surface area contributed by atoms with Gasteiger partial charge in [0.25, 0.3) is 0 Å². The summed E-state index contributed by atoms with van der Waals surface area (Å²) in [7, 11) is 0. The van der Waals surface area contributed by atoms with E-state index in [0.717, 1.165) is 5.75 Å². The van der Waals surface area contributed by atoms with E-state index in [9.17, 15) is 0 Å². The minimum absolute atomic E-state index is 0.514. The van der Waals surface area contributed by atoms with Gasteiger partial charge in [-0.15, -0.1) is 0 Å². The summed E-state index contributed by atoms with van der Waals surface area (Å²) in [5, 5.41) is 0. The van der Waals surface area contributed by atoms with Crippen LogP contribution in [0.25, 0.3) is 0 Å². The second-order valence-corrected chi connectivity index (χ2v) is 3.37. The zero-order valence-corrected chi connectivity index (χ0v) is 8.15. The monoisotopic (exact) mass is 228 g/mol. The molecule has 0 fully saturated rings. The van der Waals surface area contributed by atoms with Gasteiger partial charge < -0.3 is 0 Å². The molecular weight excluding hydrogens is 219 g/mol. The van der Waals surface area contributed by atoms with Crippen LogP contribution in [0.2, 0.25) is 4.94 Å². The molecule has 1 rings (SSSR count). The number of hydrogen-bond acceptors (Lipinski definition) is 1. The van der Waals surface area contributed by atoms with E-state index in [0.29, 0.717) is 0 Å². The van der Waals surface area contributed by atoms with Crippen molar-refractivity contribution >= 4 is 21.6 Å². The molecule has 1 aromatic carbocycles. The molecule has 0 N–H and O–H groups in total. The van der Waals surface area contributed by atoms with Gasteiger partial charge in [-0.3, -0.25) is 0 Å². The molecule has 0 bridgehead atoms. The van der Waals surface area contributed by atoms with Gasteiger partial charge in [0.1, 0.15) is 0 Å². The Morgan fingerprint density at radius 2 is 1.89 bits per heavy atom. The first-order chi connectivity index (χ1) is 4.43. The van der Waals surface area contributed by atoms with Crippen molar-refractivity contribution in [2.75, 3.05) is 0 Å². The van der Waals surface area contributed by atoms with Crippen LogP contribution in [0.4, 0.5) is 0 Å². The predicted octanol–water partition coefficient (Wildman–Crippen LogP) is 1.73. The molecule has 0 heterocycles. The van der Waals surface area contributed by atoms with Crippen LogP contribution in [0.5, 0.6) is 5.75 Å². The molecule has 0 saturated heterocycles. The molecule has 0 aromatic heterocycles. The predicted molar refractivity (Wildman–Crippen MR) is 38.7 cm³/mol. The maximum absolute atomic E-state index is 5.38. The third-order valence-corrected chi connectivity index (χ3v) is 2.22. The fourth-order valence-electron chi connectivity index (χ4n) is 0.606. The van der Waals surface area contributed by atoms with Crippen LogP contribution >= 0.6 is 0 Å². The number of rotatable bonds is 2. The van der Waals surface area contributed by atoms with Crippen molar-refractivity contribution in [1.29, 1.82) is 0 Å². The van der Waals surface area contributed by atoms with E-state index in [1.54, 1.807) is 0 Å². The summed E-state index contributed by atoms with van der Waals surface area (Å²) < 4.78 is 5.38. The van der Waals surface area contributed by atoms with E-state index in [-0.39, 0.29) is 0 Å². The molecule has 2 radical (unpaired) electrons. The van der Waals surface area contributed by atoms with Crippen LogP contribution in [0.1, 0.15) is 0 Å². The van der Waals surface area contributed by atoms with E-state index >= 15 is 0 Å². The van der Waals surface area contributed by atoms with Crippen molar-refractivity contribution in [3.8, 4) is 5.75 Å². The third-order valence-electron chi connectivity index (χ3n) is 0.963. The quantitative estimate of drug-likeness (QED) is 0.699. The molecule has 2 heteroatoms. The van der Waals surface area contributed by atoms with E-state index in [1.807, 2.05) is 30.3 Å². The fourth-order valence-corrected chi connectivity index (χ4v) is 1.67. The Hall–Kier alpha value is -0.181. The number of para-hydroxylation sites is 1. The Bertz CT molecular complexity index is 162. The summed E-state index contributed by atoms with van der Waals surface area (Å²) in [6.07, 6.45) is 0. The Labute approximate surface area is 65.8 Å². The summed E-state index contributed by atoms with van der Waals surface area (Å²) >= 11 is -0.514. The van der Waals surface area contributed by atoms with Gasteiger partial charge in [-0.2, -0.15) is 0 Å². The molecule has 0 unspecified atom stereocenters. The van der Waals surface area contributed by atoms with Crippen molar-refractivity contribution in [3.63, 3.8) is 0 Å². The molecule has 1 aromatic rings. The van der Waals surface area contributed by atoms with Gasteiger partial charge in [0.2, 0.25) is 0 Å². The van der Waals surface area contributed by atoms with E-state index in [4.69, 9.17) is 3.07 Å². The Morgan fingerprint density at radius 1 is 1.22 bits per heavy atom. The molecule has 9 heavy (non-hydrogen) atoms. The summed E-state index contributed by atoms with van der Waals surface area (Å²) in [6.45, 7) is 0. The van der Waals surface area contributed by atoms with Gasteiger partial charge in [-0.1, -0.05) is 0 Å². The molecule has 0 aliphatic heterocycles. The van der Waals surface area contributed by atoms with Gasteiger partial charge in [0.05, 0.1) is 0 Å². The summed E-state index contributed by atoms with van der Waals surface area (Å²) in [6, 6.07) is 9.96. The van der Waals surface area contributed by atoms with Crippen molar-refractivity contribution < 1.29 is 3.07 Å². The van der Waals surface area contributed by atoms with Crippen LogP contribution in [0.3, 0.4) is 0 Å². The third kappa shape index (κ3) is 2.26. The summed E-state index contributed by atoms with van der Waals surface area (Å²) in [4.78, 5) is 2.15. The molecule has 0 spiro atoms. The van der Waals surface area contributed by atoms with Crippen LogP contribution in [0, 0.1) is 0 Å². The molecule has 0 aliphatic rings. The number of hydrogen-bond donors (Lipinski definition) is 0. The van der Waals surface area contributed by atoms with E-state index in [2.05, 4.69) is 4.94 Å². The second-order valence-electron chi connectivity index (χ2n) is 1.62. The zero-order chi connectivity index (χ0) is 6.53. The van der Waals surface area contributed by atoms with Crippen LogP contribution in [-0.4, -0.2) is 21.6 Å². The Balaban J connectivity index is 2.61. The molecule has 1 nitrogen and oxygen atoms in total. The fraction of sp³-hybridized carbons (Fsp3) is 0.143. The van der Waals surface area contributed by atoms with Gasteiger partial charge in [0, 0.05) is 0 Å². The van der Waals surface area contributed by atoms with Crippen LogP contribution in [-0.2, 0) is 0 Å². The SMILES string of the molecule is [CH3][Sn][O]c1ccccc1. The molecule has 46 valence electrons. The van der Waals surface area contributed by atoms with Gasteiger partial charge in [-0.25, -0.2) is 0 Å². The first-order valence-corrected chi connectivity index (χ1v) is 6.84. The molecule has 0 atom stereocenters. The van der Waals surface area contributed by atoms with Gasteiger partial charge >= 0.3 is 65.7 Å². The zero-order valence-electron chi connectivity index (χ0n) is 5.29. The van der Waals surface area contributed by atoms with Gasteiger partial charge in [-0.05, 0) is 0 Å². The van der Waals surface area contributed by atoms with Crippen molar-refractivity contribution in [2.24, 2.45) is 0 Å². The van der Waals surface area contributed by atoms with Crippen molar-refractivity contribution in [1.82, 2.24) is 0 Å². The first kappa shape index (κ1) is 6.93. The summed E-state index contributed by atoms with van der Waals surface area (Å²) in [5.41, 5.74) is 0. The van der Waals surface area contributed by atoms with Crippen molar-refractivity contribution in [3.05, 3.63) is 30.3 Å². The molecular formula is C7H8OSn. The molecule has 0 saturated carbocycles. The standard InChI is InChI=1S/C6H6O.CH3.Sn/c7-6-4-2-1-3-5-6;;/h1-5,7H;1H3;/q;;+1/p-1. The molecule has 0 aliphatic carbocycles. The average Bonchev–Trinajstić information content (AvgIpc) is 1.91. The minimum atomic E-state index is -0.514. The number of benzene rings is 1. The molecule has 0 amide bonds. The normalized spacial score (nSPS) is 9.00. The maximum atomic E-state index is 5.38. The Morgan fingerprint density at radius 3 is 2.44 bits per heavy atom. The van der Waals surface area contributed by atoms with Crippen LogP contribution in [0.15, 0.2) is 30.3 Å². The Kier molecular flexibility index (Phi) is 2.90. The van der Waals surface area contributed by atoms with E-state index < -0.39 is 21.6 Å².